The predicted octanol–water partition coefficient (Wildman–Crippen LogP) is 4.82. The molecular weight excluding hydrogens is 406 g/mol. The Balaban J connectivity index is 2.04. The number of rotatable bonds is 6. The Morgan fingerprint density at radius 3 is 2.36 bits per heavy atom. The molecule has 0 aliphatic carbocycles. The van der Waals surface area contributed by atoms with Crippen LogP contribution in [-0.4, -0.2) is 18.2 Å². The average molecular weight is 421 g/mol. The van der Waals surface area contributed by atoms with Crippen LogP contribution in [-0.2, 0) is 19.5 Å². The van der Waals surface area contributed by atoms with E-state index in [4.69, 9.17) is 11.0 Å². The zero-order valence-electron chi connectivity index (χ0n) is 14.4. The number of fused-ring (bicyclic) bond motifs is 1. The number of nitrogen functional groups attached to an aromatic ring is 1. The molecule has 28 heavy (non-hydrogen) atoms. The van der Waals surface area contributed by atoms with Gasteiger partial charge in [-0.2, -0.15) is 18.6 Å². The lowest BCUT2D eigenvalue weighted by atomic mass is 10.1. The lowest BCUT2D eigenvalue weighted by Gasteiger charge is -2.07. The van der Waals surface area contributed by atoms with Crippen molar-refractivity contribution in [2.75, 3.05) is 5.73 Å². The third kappa shape index (κ3) is 4.65. The van der Waals surface area contributed by atoms with E-state index in [1.807, 2.05) is 6.92 Å². The van der Waals surface area contributed by atoms with E-state index in [1.165, 1.54) is 12.1 Å². The smallest absolute Gasteiger partial charge is 0.295 e. The quantitative estimate of drug-likeness (QED) is 0.128. The summed E-state index contributed by atoms with van der Waals surface area (Å²) in [5.41, 5.74) is 8.27. The fourth-order valence-electron chi connectivity index (χ4n) is 2.50. The van der Waals surface area contributed by atoms with Crippen LogP contribution in [0.4, 0.5) is 17.1 Å². The minimum absolute atomic E-state index is 0.252. The van der Waals surface area contributed by atoms with Crippen LogP contribution in [0.1, 0.15) is 5.56 Å². The van der Waals surface area contributed by atoms with Gasteiger partial charge >= 0.3 is 0 Å². The molecule has 0 bridgehead atoms. The first-order valence-corrected chi connectivity index (χ1v) is 9.94. The van der Waals surface area contributed by atoms with Gasteiger partial charge in [-0.1, -0.05) is 11.1 Å². The topological polar surface area (TPSA) is 144 Å². The van der Waals surface area contributed by atoms with Crippen LogP contribution in [0.15, 0.2) is 68.6 Å². The number of nitrogens with zero attached hydrogens (tertiary/aromatic N) is 2. The van der Waals surface area contributed by atoms with E-state index >= 15 is 0 Å². The Morgan fingerprint density at radius 1 is 1.04 bits per heavy atom. The predicted molar refractivity (Wildman–Crippen MR) is 104 cm³/mol. The molecule has 3 rings (SSSR count). The van der Waals surface area contributed by atoms with Crippen molar-refractivity contribution in [2.45, 2.75) is 16.7 Å². The Kier molecular flexibility index (Phi) is 5.93. The molecule has 0 saturated heterocycles. The van der Waals surface area contributed by atoms with Crippen molar-refractivity contribution in [3.05, 3.63) is 54.1 Å². The maximum Gasteiger partial charge on any atom is 0.295 e. The van der Waals surface area contributed by atoms with Crippen LogP contribution in [0.5, 0.6) is 0 Å². The second-order valence-corrected chi connectivity index (χ2v) is 7.93. The van der Waals surface area contributed by atoms with E-state index in [-0.39, 0.29) is 10.3 Å². The standard InChI is InChI=1S/C17H15N3O6S2/c1-10-6-12(4-5-16(10)18)19-20-13-3-2-11-7-14(27-26-25-21)9-17(15(11)8-13)28(22,23)24/h2-9,21H,18H2,1H3,(H,22,23,24). The molecule has 0 saturated carbocycles. The molecule has 0 aliphatic heterocycles. The minimum Gasteiger partial charge on any atom is -0.399 e. The summed E-state index contributed by atoms with van der Waals surface area (Å²) in [6.45, 7) is 1.85. The Hall–Kier alpha value is -2.54. The highest BCUT2D eigenvalue weighted by atomic mass is 32.2. The van der Waals surface area contributed by atoms with Crippen molar-refractivity contribution in [2.24, 2.45) is 10.2 Å². The molecule has 0 amide bonds. The van der Waals surface area contributed by atoms with Gasteiger partial charge in [-0.25, -0.2) is 5.26 Å². The van der Waals surface area contributed by atoms with Crippen molar-refractivity contribution in [1.82, 2.24) is 0 Å². The van der Waals surface area contributed by atoms with Gasteiger partial charge in [-0.3, -0.25) is 4.55 Å². The number of hydrogen-bond acceptors (Lipinski definition) is 9. The second kappa shape index (κ2) is 8.22. The van der Waals surface area contributed by atoms with Crippen LogP contribution in [0.3, 0.4) is 0 Å². The molecule has 0 fully saturated rings. The number of aryl methyl sites for hydroxylation is 1. The summed E-state index contributed by atoms with van der Waals surface area (Å²) in [7, 11) is -4.53. The third-order valence-corrected chi connectivity index (χ3v) is 5.30. The fraction of sp³-hybridized carbons (Fsp3) is 0.0588. The normalized spacial score (nSPS) is 12.1. The molecule has 0 aromatic heterocycles. The molecular formula is C17H15N3O6S2. The molecule has 0 unspecified atom stereocenters. The van der Waals surface area contributed by atoms with Crippen LogP contribution >= 0.6 is 12.0 Å². The van der Waals surface area contributed by atoms with Crippen molar-refractivity contribution in [1.29, 1.82) is 0 Å². The van der Waals surface area contributed by atoms with E-state index < -0.39 is 10.1 Å². The lowest BCUT2D eigenvalue weighted by molar-refractivity contribution is -0.432. The summed E-state index contributed by atoms with van der Waals surface area (Å²) in [5, 5.41) is 20.8. The Labute approximate surface area is 164 Å². The van der Waals surface area contributed by atoms with Crippen LogP contribution in [0.2, 0.25) is 0 Å². The number of nitrogens with two attached hydrogens (primary N) is 1. The number of hydrogen-bond donors (Lipinski definition) is 3. The maximum absolute atomic E-state index is 11.8. The average Bonchev–Trinajstić information content (AvgIpc) is 2.65. The van der Waals surface area contributed by atoms with Gasteiger partial charge in [0.2, 0.25) is 0 Å². The molecule has 3 aromatic carbocycles. The SMILES string of the molecule is Cc1cc(N=Nc2ccc3cc(SOOO)cc(S(=O)(=O)O)c3c2)ccc1N. The van der Waals surface area contributed by atoms with Gasteiger partial charge in [0.15, 0.2) is 0 Å². The van der Waals surface area contributed by atoms with Crippen molar-refractivity contribution < 1.29 is 27.6 Å². The Bertz CT molecular complexity index is 1170. The zero-order valence-corrected chi connectivity index (χ0v) is 16.1. The second-order valence-electron chi connectivity index (χ2n) is 5.77. The van der Waals surface area contributed by atoms with E-state index in [1.54, 1.807) is 36.4 Å². The van der Waals surface area contributed by atoms with Crippen molar-refractivity contribution >= 4 is 50.0 Å². The highest BCUT2D eigenvalue weighted by Crippen LogP contribution is 2.33. The maximum atomic E-state index is 11.8. The molecule has 11 heteroatoms. The molecule has 0 spiro atoms. The Morgan fingerprint density at radius 2 is 1.71 bits per heavy atom. The van der Waals surface area contributed by atoms with Crippen LogP contribution < -0.4 is 5.73 Å². The molecule has 0 aliphatic rings. The molecule has 0 radical (unpaired) electrons. The highest BCUT2D eigenvalue weighted by molar-refractivity contribution is 7.94. The summed E-state index contributed by atoms with van der Waals surface area (Å²) >= 11 is 0.580. The van der Waals surface area contributed by atoms with Crippen molar-refractivity contribution in [3.63, 3.8) is 0 Å². The number of azo groups is 1. The first kappa shape index (κ1) is 20.2. The van der Waals surface area contributed by atoms with E-state index in [0.717, 1.165) is 5.56 Å². The molecule has 4 N–H and O–H groups in total. The summed E-state index contributed by atoms with van der Waals surface area (Å²) < 4.78 is 37.5. The highest BCUT2D eigenvalue weighted by Gasteiger charge is 2.17. The first-order chi connectivity index (χ1) is 13.3. The van der Waals surface area contributed by atoms with Gasteiger partial charge in [-0.05, 0) is 60.3 Å². The number of anilines is 1. The summed E-state index contributed by atoms with van der Waals surface area (Å²) in [6, 6.07) is 12.7. The van der Waals surface area contributed by atoms with Gasteiger partial charge in [0.1, 0.15) is 4.90 Å². The number of benzene rings is 3. The van der Waals surface area contributed by atoms with Crippen molar-refractivity contribution in [3.8, 4) is 0 Å². The van der Waals surface area contributed by atoms with Gasteiger partial charge < -0.3 is 5.73 Å². The van der Waals surface area contributed by atoms with Gasteiger partial charge in [-0.15, -0.1) is 4.33 Å². The fourth-order valence-corrected chi connectivity index (χ4v) is 3.76. The molecule has 3 aromatic rings. The molecule has 0 heterocycles. The molecule has 9 nitrogen and oxygen atoms in total. The third-order valence-electron chi connectivity index (χ3n) is 3.85. The zero-order chi connectivity index (χ0) is 20.3. The monoisotopic (exact) mass is 421 g/mol. The summed E-state index contributed by atoms with van der Waals surface area (Å²) in [5.74, 6) is 0. The molecule has 146 valence electrons. The van der Waals surface area contributed by atoms with Crippen LogP contribution in [0, 0.1) is 6.92 Å². The summed E-state index contributed by atoms with van der Waals surface area (Å²) in [6.07, 6.45) is 0. The lowest BCUT2D eigenvalue weighted by Crippen LogP contribution is -1.99. The van der Waals surface area contributed by atoms with Crippen LogP contribution in [0.25, 0.3) is 10.8 Å². The van der Waals surface area contributed by atoms with Gasteiger partial charge in [0.05, 0.1) is 23.4 Å². The summed E-state index contributed by atoms with van der Waals surface area (Å²) in [4.78, 5) is -0.0460. The first-order valence-electron chi connectivity index (χ1n) is 7.76. The van der Waals surface area contributed by atoms with E-state index in [2.05, 4.69) is 19.6 Å². The van der Waals surface area contributed by atoms with E-state index in [0.29, 0.717) is 39.4 Å². The van der Waals surface area contributed by atoms with Gasteiger partial charge in [0, 0.05) is 16.0 Å². The molecule has 0 atom stereocenters. The largest absolute Gasteiger partial charge is 0.399 e. The van der Waals surface area contributed by atoms with E-state index in [9.17, 15) is 13.0 Å². The minimum atomic E-state index is -4.53. The van der Waals surface area contributed by atoms with Gasteiger partial charge in [0.25, 0.3) is 10.1 Å².